The Hall–Kier alpha value is -4.04. The van der Waals surface area contributed by atoms with E-state index in [1.54, 1.807) is 0 Å². The van der Waals surface area contributed by atoms with E-state index in [0.29, 0.717) is 11.5 Å². The summed E-state index contributed by atoms with van der Waals surface area (Å²) in [5.74, 6) is 0.916. The second-order valence-electron chi connectivity index (χ2n) is 9.70. The predicted octanol–water partition coefficient (Wildman–Crippen LogP) is 6.03. The van der Waals surface area contributed by atoms with Crippen LogP contribution < -0.4 is 15.5 Å². The topological polar surface area (TPSA) is 75.1 Å². The van der Waals surface area contributed by atoms with Gasteiger partial charge in [-0.3, -0.25) is 9.78 Å². The molecule has 7 nitrogen and oxygen atoms in total. The standard InChI is InChI=1S/C30H32N6OS/c1-6-26(37)33-24-13-12-22(16-19(24)3)36-28(27(34-30(36)38)25-11-7-8-14-31-25)23-17-20(4)35(21(23)5)29-18(2)10-9-15-32-29/h7-17,27-28H,6H2,1-5H3,(H,33,37)(H,34,38)/t27-,28-/m0/s1. The van der Waals surface area contributed by atoms with Crippen LogP contribution >= 0.6 is 12.2 Å². The Labute approximate surface area is 228 Å². The number of anilines is 2. The van der Waals surface area contributed by atoms with Gasteiger partial charge in [-0.15, -0.1) is 0 Å². The zero-order valence-corrected chi connectivity index (χ0v) is 23.1. The number of nitrogens with one attached hydrogen (secondary N) is 2. The van der Waals surface area contributed by atoms with E-state index in [0.717, 1.165) is 51.0 Å². The van der Waals surface area contributed by atoms with Crippen LogP contribution in [0.4, 0.5) is 11.4 Å². The van der Waals surface area contributed by atoms with Gasteiger partial charge in [-0.05, 0) is 99.1 Å². The largest absolute Gasteiger partial charge is 0.351 e. The van der Waals surface area contributed by atoms with Crippen LogP contribution in [-0.4, -0.2) is 25.6 Å². The van der Waals surface area contributed by atoms with E-state index in [1.807, 2.05) is 62.6 Å². The Balaban J connectivity index is 1.64. The zero-order valence-electron chi connectivity index (χ0n) is 22.3. The van der Waals surface area contributed by atoms with Crippen LogP contribution in [0.25, 0.3) is 5.82 Å². The first-order chi connectivity index (χ1) is 18.3. The molecule has 0 aliphatic carbocycles. The van der Waals surface area contributed by atoms with Gasteiger partial charge in [-0.25, -0.2) is 4.98 Å². The van der Waals surface area contributed by atoms with Gasteiger partial charge in [0.2, 0.25) is 5.91 Å². The molecule has 1 amide bonds. The van der Waals surface area contributed by atoms with Crippen LogP contribution in [0.15, 0.2) is 67.0 Å². The van der Waals surface area contributed by atoms with Crippen LogP contribution in [-0.2, 0) is 4.79 Å². The SMILES string of the molecule is CCC(=O)Nc1ccc(N2C(=S)N[C@@H](c3ccccn3)[C@@H]2c2cc(C)n(-c3ncccc3C)c2C)cc1C. The molecule has 0 bridgehead atoms. The molecule has 1 aromatic carbocycles. The van der Waals surface area contributed by atoms with E-state index in [9.17, 15) is 4.79 Å². The van der Waals surface area contributed by atoms with Crippen LogP contribution in [0.1, 0.15) is 59.2 Å². The number of aromatic nitrogens is 3. The minimum atomic E-state index is -0.151. The summed E-state index contributed by atoms with van der Waals surface area (Å²) < 4.78 is 2.22. The average molecular weight is 525 g/mol. The number of aryl methyl sites for hydroxylation is 3. The maximum absolute atomic E-state index is 12.0. The summed E-state index contributed by atoms with van der Waals surface area (Å²) in [7, 11) is 0. The smallest absolute Gasteiger partial charge is 0.224 e. The molecule has 0 radical (unpaired) electrons. The first-order valence-corrected chi connectivity index (χ1v) is 13.2. The van der Waals surface area contributed by atoms with Crippen LogP contribution in [0, 0.1) is 27.7 Å². The van der Waals surface area contributed by atoms with Crippen molar-refractivity contribution in [1.29, 1.82) is 0 Å². The molecule has 0 spiro atoms. The van der Waals surface area contributed by atoms with E-state index in [4.69, 9.17) is 17.2 Å². The number of amides is 1. The number of benzene rings is 1. The summed E-state index contributed by atoms with van der Waals surface area (Å²) in [6.07, 6.45) is 4.08. The highest BCUT2D eigenvalue weighted by molar-refractivity contribution is 7.80. The number of pyridine rings is 2. The number of carbonyl (C=O) groups is 1. The number of carbonyl (C=O) groups excluding carboxylic acids is 1. The average Bonchev–Trinajstić information content (AvgIpc) is 3.41. The van der Waals surface area contributed by atoms with Crippen molar-refractivity contribution < 1.29 is 4.79 Å². The molecule has 2 N–H and O–H groups in total. The van der Waals surface area contributed by atoms with Gasteiger partial charge in [0.25, 0.3) is 0 Å². The number of nitrogens with zero attached hydrogens (tertiary/aromatic N) is 4. The van der Waals surface area contributed by atoms with Crippen LogP contribution in [0.2, 0.25) is 0 Å². The third-order valence-corrected chi connectivity index (χ3v) is 7.48. The molecule has 0 unspecified atom stereocenters. The normalized spacial score (nSPS) is 17.0. The number of hydrogen-bond donors (Lipinski definition) is 2. The molecule has 0 saturated carbocycles. The molecular formula is C30H32N6OS. The fraction of sp³-hybridized carbons (Fsp3) is 0.267. The summed E-state index contributed by atoms with van der Waals surface area (Å²) in [5, 5.41) is 7.17. The summed E-state index contributed by atoms with van der Waals surface area (Å²) in [4.78, 5) is 23.6. The lowest BCUT2D eigenvalue weighted by Crippen LogP contribution is -2.29. The fourth-order valence-corrected chi connectivity index (χ4v) is 5.60. The van der Waals surface area contributed by atoms with E-state index < -0.39 is 0 Å². The number of thiocarbonyl (C=S) groups is 1. The quantitative estimate of drug-likeness (QED) is 0.300. The Morgan fingerprint density at radius 1 is 1.00 bits per heavy atom. The van der Waals surface area contributed by atoms with Gasteiger partial charge in [-0.2, -0.15) is 0 Å². The van der Waals surface area contributed by atoms with Crippen molar-refractivity contribution >= 4 is 34.6 Å². The Morgan fingerprint density at radius 2 is 1.79 bits per heavy atom. The zero-order chi connectivity index (χ0) is 27.0. The Kier molecular flexibility index (Phi) is 6.99. The maximum atomic E-state index is 12.0. The van der Waals surface area contributed by atoms with Crippen molar-refractivity contribution in [3.05, 3.63) is 101 Å². The van der Waals surface area contributed by atoms with Crippen molar-refractivity contribution in [3.8, 4) is 5.82 Å². The van der Waals surface area contributed by atoms with Crippen molar-refractivity contribution in [2.75, 3.05) is 10.2 Å². The van der Waals surface area contributed by atoms with E-state index in [1.165, 1.54) is 0 Å². The summed E-state index contributed by atoms with van der Waals surface area (Å²) in [6.45, 7) is 10.2. The number of rotatable bonds is 6. The van der Waals surface area contributed by atoms with Crippen molar-refractivity contribution in [3.63, 3.8) is 0 Å². The molecule has 2 atom stereocenters. The molecule has 1 aliphatic rings. The highest BCUT2D eigenvalue weighted by Crippen LogP contribution is 2.44. The lowest BCUT2D eigenvalue weighted by Gasteiger charge is -2.29. The Morgan fingerprint density at radius 3 is 2.47 bits per heavy atom. The number of hydrogen-bond acceptors (Lipinski definition) is 4. The molecule has 194 valence electrons. The lowest BCUT2D eigenvalue weighted by atomic mass is 9.96. The summed E-state index contributed by atoms with van der Waals surface area (Å²) >= 11 is 5.94. The first kappa shape index (κ1) is 25.6. The highest BCUT2D eigenvalue weighted by Gasteiger charge is 2.42. The molecule has 4 aromatic rings. The van der Waals surface area contributed by atoms with E-state index in [-0.39, 0.29) is 18.0 Å². The predicted molar refractivity (Wildman–Crippen MR) is 156 cm³/mol. The minimum absolute atomic E-state index is 0.00967. The second-order valence-corrected chi connectivity index (χ2v) is 10.1. The maximum Gasteiger partial charge on any atom is 0.224 e. The fourth-order valence-electron chi connectivity index (χ4n) is 5.25. The molecule has 4 heterocycles. The first-order valence-electron chi connectivity index (χ1n) is 12.8. The molecule has 5 rings (SSSR count). The van der Waals surface area contributed by atoms with Gasteiger partial charge in [0.15, 0.2) is 5.11 Å². The molecule has 3 aromatic heterocycles. The van der Waals surface area contributed by atoms with Gasteiger partial charge in [0.1, 0.15) is 5.82 Å². The summed E-state index contributed by atoms with van der Waals surface area (Å²) in [5.41, 5.74) is 8.13. The third kappa shape index (κ3) is 4.56. The van der Waals surface area contributed by atoms with Gasteiger partial charge in [-0.1, -0.05) is 19.1 Å². The summed E-state index contributed by atoms with van der Waals surface area (Å²) in [6, 6.07) is 18.0. The third-order valence-electron chi connectivity index (χ3n) is 7.16. The monoisotopic (exact) mass is 524 g/mol. The molecule has 1 fully saturated rings. The Bertz CT molecular complexity index is 1510. The van der Waals surface area contributed by atoms with Crippen LogP contribution in [0.3, 0.4) is 0 Å². The molecule has 1 aliphatic heterocycles. The van der Waals surface area contributed by atoms with Crippen LogP contribution in [0.5, 0.6) is 0 Å². The molecule has 38 heavy (non-hydrogen) atoms. The molecule has 8 heteroatoms. The van der Waals surface area contributed by atoms with E-state index >= 15 is 0 Å². The highest BCUT2D eigenvalue weighted by atomic mass is 32.1. The lowest BCUT2D eigenvalue weighted by molar-refractivity contribution is -0.115. The molecular weight excluding hydrogens is 492 g/mol. The van der Waals surface area contributed by atoms with Crippen molar-refractivity contribution in [2.24, 2.45) is 0 Å². The van der Waals surface area contributed by atoms with Gasteiger partial charge in [0, 0.05) is 41.6 Å². The van der Waals surface area contributed by atoms with Crippen molar-refractivity contribution in [2.45, 2.75) is 53.1 Å². The molecule has 1 saturated heterocycles. The van der Waals surface area contributed by atoms with E-state index in [2.05, 4.69) is 64.1 Å². The van der Waals surface area contributed by atoms with Gasteiger partial charge < -0.3 is 20.1 Å². The van der Waals surface area contributed by atoms with Gasteiger partial charge in [0.05, 0.1) is 17.8 Å². The minimum Gasteiger partial charge on any atom is -0.351 e. The van der Waals surface area contributed by atoms with Crippen molar-refractivity contribution in [1.82, 2.24) is 19.9 Å². The second kappa shape index (κ2) is 10.4. The van der Waals surface area contributed by atoms with Gasteiger partial charge >= 0.3 is 0 Å².